The van der Waals surface area contributed by atoms with Gasteiger partial charge in [0.05, 0.1) is 13.0 Å². The Balaban J connectivity index is 0. The molecule has 0 aliphatic heterocycles. The standard InChI is InChI=1S/C29H45NO6.C2H6/c1-4-5-6-7-8-9-10-11-12-13-14-15-16-17-18-19-20-21-26(33)36-24-29(2,3)27(34)28(35)30-23-22-25(31)32;1-2/h5-6,8-9,11-12,14-15,17-18,27,34H,4,7,10,13,16,19-24H2,1-3H3,(H,30,35)(H,31,32);1-2H3/b6-5-,9-8-,12-11-,15-14-,18-17-;/t27-;/m0./s1. The van der Waals surface area contributed by atoms with Crippen molar-refractivity contribution in [3.05, 3.63) is 60.8 Å². The van der Waals surface area contributed by atoms with Crippen LogP contribution >= 0.6 is 0 Å². The third-order valence-electron chi connectivity index (χ3n) is 5.14. The molecule has 0 radical (unpaired) electrons. The summed E-state index contributed by atoms with van der Waals surface area (Å²) in [5.41, 5.74) is -0.993. The van der Waals surface area contributed by atoms with Gasteiger partial charge in [-0.2, -0.15) is 0 Å². The SMILES string of the molecule is CC.CC/C=C\C/C=C\C/C=C\C/C=C\C/C=C\CCCC(=O)OCC(C)(C)[C@@H](O)C(=O)NCCC(=O)O. The van der Waals surface area contributed by atoms with Crippen molar-refractivity contribution in [1.82, 2.24) is 5.32 Å². The average molecular weight is 534 g/mol. The lowest BCUT2D eigenvalue weighted by Gasteiger charge is -2.28. The van der Waals surface area contributed by atoms with E-state index in [1.54, 1.807) is 13.8 Å². The Morgan fingerprint density at radius 3 is 1.76 bits per heavy atom. The van der Waals surface area contributed by atoms with Crippen molar-refractivity contribution in [2.24, 2.45) is 5.41 Å². The zero-order valence-corrected chi connectivity index (χ0v) is 24.2. The number of hydrogen-bond acceptors (Lipinski definition) is 5. The van der Waals surface area contributed by atoms with Crippen molar-refractivity contribution >= 4 is 17.8 Å². The highest BCUT2D eigenvalue weighted by Crippen LogP contribution is 2.22. The highest BCUT2D eigenvalue weighted by molar-refractivity contribution is 5.81. The van der Waals surface area contributed by atoms with Crippen LogP contribution in [0.5, 0.6) is 0 Å². The Morgan fingerprint density at radius 1 is 0.816 bits per heavy atom. The summed E-state index contributed by atoms with van der Waals surface area (Å²) < 4.78 is 5.23. The van der Waals surface area contributed by atoms with Crippen LogP contribution in [0.4, 0.5) is 0 Å². The first-order valence-corrected chi connectivity index (χ1v) is 13.8. The van der Waals surface area contributed by atoms with Crippen LogP contribution in [0.15, 0.2) is 60.8 Å². The predicted octanol–water partition coefficient (Wildman–Crippen LogP) is 6.46. The third-order valence-corrected chi connectivity index (χ3v) is 5.14. The number of nitrogens with one attached hydrogen (secondary N) is 1. The van der Waals surface area contributed by atoms with Crippen LogP contribution in [0.1, 0.15) is 92.4 Å². The number of allylic oxidation sites excluding steroid dienone is 10. The molecule has 7 heteroatoms. The maximum atomic E-state index is 12.0. The van der Waals surface area contributed by atoms with Gasteiger partial charge in [-0.05, 0) is 44.9 Å². The van der Waals surface area contributed by atoms with E-state index in [2.05, 4.69) is 66.9 Å². The third kappa shape index (κ3) is 23.5. The quantitative estimate of drug-likeness (QED) is 0.0941. The molecule has 0 saturated heterocycles. The largest absolute Gasteiger partial charge is 0.481 e. The fourth-order valence-electron chi connectivity index (χ4n) is 2.89. The normalized spacial score (nSPS) is 12.9. The number of carboxylic acids is 1. The minimum absolute atomic E-state index is 0.0725. The number of ether oxygens (including phenoxy) is 1. The molecule has 0 aromatic rings. The zero-order chi connectivity index (χ0) is 29.1. The lowest BCUT2D eigenvalue weighted by Crippen LogP contribution is -2.46. The zero-order valence-electron chi connectivity index (χ0n) is 24.2. The second-order valence-corrected chi connectivity index (χ2v) is 9.09. The van der Waals surface area contributed by atoms with E-state index in [0.717, 1.165) is 38.5 Å². The molecule has 0 bridgehead atoms. The second kappa shape index (κ2) is 25.7. The summed E-state index contributed by atoms with van der Waals surface area (Å²) in [5.74, 6) is -2.10. The Bertz CT molecular complexity index is 777. The molecule has 0 fully saturated rings. The number of hydrogen-bond donors (Lipinski definition) is 3. The minimum Gasteiger partial charge on any atom is -0.481 e. The molecule has 0 aromatic heterocycles. The van der Waals surface area contributed by atoms with E-state index < -0.39 is 23.4 Å². The molecule has 0 saturated carbocycles. The van der Waals surface area contributed by atoms with Gasteiger partial charge in [0.2, 0.25) is 5.91 Å². The molecule has 0 aliphatic rings. The molecule has 38 heavy (non-hydrogen) atoms. The van der Waals surface area contributed by atoms with Crippen molar-refractivity contribution in [1.29, 1.82) is 0 Å². The fourth-order valence-corrected chi connectivity index (χ4v) is 2.89. The number of esters is 1. The van der Waals surface area contributed by atoms with E-state index >= 15 is 0 Å². The summed E-state index contributed by atoms with van der Waals surface area (Å²) in [6, 6.07) is 0. The van der Waals surface area contributed by atoms with E-state index in [1.807, 2.05) is 19.9 Å². The maximum absolute atomic E-state index is 12.0. The van der Waals surface area contributed by atoms with Crippen molar-refractivity contribution in [3.8, 4) is 0 Å². The van der Waals surface area contributed by atoms with Gasteiger partial charge in [0.1, 0.15) is 6.10 Å². The number of carbonyl (C=O) groups excluding carboxylic acids is 2. The van der Waals surface area contributed by atoms with Gasteiger partial charge in [-0.25, -0.2) is 0 Å². The molecule has 1 atom stereocenters. The van der Waals surface area contributed by atoms with Crippen LogP contribution in [0.25, 0.3) is 0 Å². The number of carboxylic acid groups (broad SMARTS) is 1. The first kappa shape index (κ1) is 37.2. The summed E-state index contributed by atoms with van der Waals surface area (Å²) in [6.07, 6.45) is 26.2. The summed E-state index contributed by atoms with van der Waals surface area (Å²) in [6.45, 7) is 9.17. The predicted molar refractivity (Wildman–Crippen MR) is 156 cm³/mol. The number of aliphatic hydroxyl groups excluding tert-OH is 1. The molecule has 1 amide bonds. The Kier molecular flexibility index (Phi) is 25.2. The number of aliphatic carboxylic acids is 1. The average Bonchev–Trinajstić information content (AvgIpc) is 2.89. The topological polar surface area (TPSA) is 113 Å². The molecular formula is C31H51NO6. The number of aliphatic hydroxyl groups is 1. The van der Waals surface area contributed by atoms with E-state index in [0.29, 0.717) is 6.42 Å². The summed E-state index contributed by atoms with van der Waals surface area (Å²) in [5, 5.41) is 21.1. The fraction of sp³-hybridized carbons (Fsp3) is 0.581. The molecule has 3 N–H and O–H groups in total. The molecule has 0 unspecified atom stereocenters. The summed E-state index contributed by atoms with van der Waals surface area (Å²) >= 11 is 0. The van der Waals surface area contributed by atoms with Crippen LogP contribution in [-0.2, 0) is 19.1 Å². The Morgan fingerprint density at radius 2 is 1.29 bits per heavy atom. The second-order valence-electron chi connectivity index (χ2n) is 9.09. The first-order valence-electron chi connectivity index (χ1n) is 13.8. The van der Waals surface area contributed by atoms with Gasteiger partial charge in [-0.3, -0.25) is 14.4 Å². The van der Waals surface area contributed by atoms with Gasteiger partial charge in [-0.15, -0.1) is 0 Å². The molecule has 7 nitrogen and oxygen atoms in total. The number of rotatable bonds is 20. The van der Waals surface area contributed by atoms with Gasteiger partial charge in [0.25, 0.3) is 0 Å². The maximum Gasteiger partial charge on any atom is 0.305 e. The van der Waals surface area contributed by atoms with Crippen LogP contribution in [0, 0.1) is 5.41 Å². The van der Waals surface area contributed by atoms with Gasteiger partial charge in [0, 0.05) is 18.4 Å². The smallest absolute Gasteiger partial charge is 0.305 e. The van der Waals surface area contributed by atoms with E-state index in [9.17, 15) is 19.5 Å². The monoisotopic (exact) mass is 533 g/mol. The van der Waals surface area contributed by atoms with Crippen molar-refractivity contribution in [2.45, 2.75) is 98.5 Å². The van der Waals surface area contributed by atoms with E-state index in [1.165, 1.54) is 0 Å². The lowest BCUT2D eigenvalue weighted by atomic mass is 9.87. The Hall–Kier alpha value is -2.93. The van der Waals surface area contributed by atoms with Crippen LogP contribution in [0.3, 0.4) is 0 Å². The molecule has 0 rings (SSSR count). The summed E-state index contributed by atoms with van der Waals surface area (Å²) in [4.78, 5) is 34.4. The van der Waals surface area contributed by atoms with Crippen LogP contribution in [-0.4, -0.2) is 47.3 Å². The number of carbonyl (C=O) groups is 3. The van der Waals surface area contributed by atoms with E-state index in [-0.39, 0.29) is 32.0 Å². The van der Waals surface area contributed by atoms with Crippen LogP contribution < -0.4 is 5.32 Å². The van der Waals surface area contributed by atoms with Gasteiger partial charge in [-0.1, -0.05) is 95.4 Å². The minimum atomic E-state index is -1.42. The van der Waals surface area contributed by atoms with Gasteiger partial charge < -0.3 is 20.3 Å². The van der Waals surface area contributed by atoms with Crippen molar-refractivity contribution in [2.75, 3.05) is 13.2 Å². The molecule has 0 heterocycles. The molecule has 216 valence electrons. The van der Waals surface area contributed by atoms with Crippen molar-refractivity contribution in [3.63, 3.8) is 0 Å². The molecular weight excluding hydrogens is 482 g/mol. The first-order chi connectivity index (χ1) is 18.2. The lowest BCUT2D eigenvalue weighted by molar-refractivity contribution is -0.153. The van der Waals surface area contributed by atoms with E-state index in [4.69, 9.17) is 9.84 Å². The molecule has 0 spiro atoms. The van der Waals surface area contributed by atoms with Crippen LogP contribution in [0.2, 0.25) is 0 Å². The summed E-state index contributed by atoms with van der Waals surface area (Å²) in [7, 11) is 0. The number of amides is 1. The van der Waals surface area contributed by atoms with Gasteiger partial charge in [0.15, 0.2) is 0 Å². The highest BCUT2D eigenvalue weighted by Gasteiger charge is 2.34. The highest BCUT2D eigenvalue weighted by atomic mass is 16.5. The van der Waals surface area contributed by atoms with Gasteiger partial charge >= 0.3 is 11.9 Å². The molecule has 0 aromatic carbocycles. The number of unbranched alkanes of at least 4 members (excludes halogenated alkanes) is 1. The Labute approximate surface area is 230 Å². The molecule has 0 aliphatic carbocycles. The van der Waals surface area contributed by atoms with Crippen molar-refractivity contribution < 1.29 is 29.3 Å².